The molecule has 0 radical (unpaired) electrons. The minimum absolute atomic E-state index is 0.199. The highest BCUT2D eigenvalue weighted by Crippen LogP contribution is 2.10. The molecule has 174 valence electrons. The first kappa shape index (κ1) is 26.7. The highest BCUT2D eigenvalue weighted by atomic mass is 16.6. The number of carbonyl (C=O) groups is 2. The zero-order valence-corrected chi connectivity index (χ0v) is 17.8. The Bertz CT molecular complexity index is 589. The summed E-state index contributed by atoms with van der Waals surface area (Å²) in [6, 6.07) is 6.90. The first-order chi connectivity index (χ1) is 15.3. The number of rotatable bonds is 21. The number of esters is 1. The quantitative estimate of drug-likeness (QED) is 0.122. The monoisotopic (exact) mass is 440 g/mol. The maximum absolute atomic E-state index is 10.8. The van der Waals surface area contributed by atoms with Crippen molar-refractivity contribution in [1.82, 2.24) is 0 Å². The van der Waals surface area contributed by atoms with Gasteiger partial charge in [0, 0.05) is 11.6 Å². The zero-order valence-electron chi connectivity index (χ0n) is 17.8. The maximum Gasteiger partial charge on any atom is 0.330 e. The molecule has 0 aliphatic carbocycles. The van der Waals surface area contributed by atoms with Crippen molar-refractivity contribution in [3.05, 3.63) is 42.5 Å². The topological polar surface area (TPSA) is 98.8 Å². The van der Waals surface area contributed by atoms with Gasteiger partial charge >= 0.3 is 5.97 Å². The van der Waals surface area contributed by atoms with Gasteiger partial charge in [-0.1, -0.05) is 6.58 Å². The second-order valence-electron chi connectivity index (χ2n) is 5.97. The Kier molecular flexibility index (Phi) is 16.9. The van der Waals surface area contributed by atoms with E-state index in [1.165, 1.54) is 0 Å². The fourth-order valence-electron chi connectivity index (χ4n) is 2.10. The summed E-state index contributed by atoms with van der Waals surface area (Å²) in [4.78, 5) is 21.4. The predicted molar refractivity (Wildman–Crippen MR) is 113 cm³/mol. The Labute approximate surface area is 183 Å². The van der Waals surface area contributed by atoms with Crippen LogP contribution in [0.5, 0.6) is 5.75 Å². The molecule has 31 heavy (non-hydrogen) atoms. The summed E-state index contributed by atoms with van der Waals surface area (Å²) in [7, 11) is 0. The van der Waals surface area contributed by atoms with Gasteiger partial charge in [-0.2, -0.15) is 0 Å². The minimum Gasteiger partial charge on any atom is -0.491 e. The van der Waals surface area contributed by atoms with Crippen LogP contribution in [-0.2, 0) is 33.2 Å². The van der Waals surface area contributed by atoms with Crippen LogP contribution in [0.1, 0.15) is 10.4 Å². The van der Waals surface area contributed by atoms with Gasteiger partial charge in [-0.25, -0.2) is 4.79 Å². The van der Waals surface area contributed by atoms with E-state index in [0.717, 1.165) is 12.4 Å². The maximum atomic E-state index is 10.8. The minimum atomic E-state index is -0.460. The van der Waals surface area contributed by atoms with Crippen molar-refractivity contribution >= 4 is 12.3 Å². The van der Waals surface area contributed by atoms with Crippen LogP contribution in [0.15, 0.2) is 36.9 Å². The van der Waals surface area contributed by atoms with Gasteiger partial charge in [0.1, 0.15) is 25.2 Å². The van der Waals surface area contributed by atoms with Crippen LogP contribution >= 0.6 is 0 Å². The Morgan fingerprint density at radius 3 is 1.52 bits per heavy atom. The molecule has 0 saturated carbocycles. The molecule has 0 bridgehead atoms. The van der Waals surface area contributed by atoms with E-state index in [1.54, 1.807) is 24.3 Å². The summed E-state index contributed by atoms with van der Waals surface area (Å²) >= 11 is 0. The molecule has 0 spiro atoms. The highest BCUT2D eigenvalue weighted by molar-refractivity contribution is 5.81. The second-order valence-corrected chi connectivity index (χ2v) is 5.97. The molecule has 0 aliphatic heterocycles. The van der Waals surface area contributed by atoms with Crippen LogP contribution in [-0.4, -0.2) is 91.5 Å². The van der Waals surface area contributed by atoms with E-state index in [4.69, 9.17) is 33.2 Å². The summed E-state index contributed by atoms with van der Waals surface area (Å²) in [5.41, 5.74) is 0.615. The van der Waals surface area contributed by atoms with Crippen molar-refractivity contribution in [2.24, 2.45) is 0 Å². The Balaban J connectivity index is 1.73. The van der Waals surface area contributed by atoms with E-state index in [9.17, 15) is 9.59 Å². The van der Waals surface area contributed by atoms with Crippen LogP contribution in [0.2, 0.25) is 0 Å². The molecule has 1 aromatic carbocycles. The lowest BCUT2D eigenvalue weighted by atomic mass is 10.2. The van der Waals surface area contributed by atoms with Crippen LogP contribution < -0.4 is 4.74 Å². The van der Waals surface area contributed by atoms with Gasteiger partial charge in [0.05, 0.1) is 66.1 Å². The van der Waals surface area contributed by atoms with Gasteiger partial charge in [-0.05, 0) is 24.3 Å². The molecule has 1 aromatic rings. The molecule has 0 aromatic heterocycles. The lowest BCUT2D eigenvalue weighted by Crippen LogP contribution is -2.15. The normalized spacial score (nSPS) is 10.6. The van der Waals surface area contributed by atoms with Gasteiger partial charge in [0.25, 0.3) is 0 Å². The highest BCUT2D eigenvalue weighted by Gasteiger charge is 1.97. The van der Waals surface area contributed by atoms with E-state index in [0.29, 0.717) is 84.0 Å². The average molecular weight is 440 g/mol. The smallest absolute Gasteiger partial charge is 0.330 e. The van der Waals surface area contributed by atoms with E-state index in [2.05, 4.69) is 6.58 Å². The molecule has 0 atom stereocenters. The fourth-order valence-corrected chi connectivity index (χ4v) is 2.10. The van der Waals surface area contributed by atoms with Crippen molar-refractivity contribution in [3.63, 3.8) is 0 Å². The van der Waals surface area contributed by atoms with Gasteiger partial charge in [0.15, 0.2) is 0 Å². The largest absolute Gasteiger partial charge is 0.491 e. The SMILES string of the molecule is C=CC(=O)OCCOCCOCCOCCOCCOCCOc1ccc(C=O)cc1. The van der Waals surface area contributed by atoms with Gasteiger partial charge in [0.2, 0.25) is 0 Å². The van der Waals surface area contributed by atoms with Crippen molar-refractivity contribution in [1.29, 1.82) is 0 Å². The lowest BCUT2D eigenvalue weighted by molar-refractivity contribution is -0.139. The van der Waals surface area contributed by atoms with Gasteiger partial charge in [-0.3, -0.25) is 4.79 Å². The summed E-state index contributed by atoms with van der Waals surface area (Å²) in [5.74, 6) is 0.240. The van der Waals surface area contributed by atoms with Crippen LogP contribution in [0.4, 0.5) is 0 Å². The third-order valence-electron chi connectivity index (χ3n) is 3.64. The first-order valence-electron chi connectivity index (χ1n) is 10.1. The predicted octanol–water partition coefficient (Wildman–Crippen LogP) is 1.69. The van der Waals surface area contributed by atoms with E-state index in [1.807, 2.05) is 0 Å². The summed E-state index contributed by atoms with van der Waals surface area (Å²) in [5, 5.41) is 0. The van der Waals surface area contributed by atoms with Gasteiger partial charge < -0.3 is 33.2 Å². The summed E-state index contributed by atoms with van der Waals surface area (Å²) < 4.78 is 37.1. The van der Waals surface area contributed by atoms with Crippen LogP contribution in [0.3, 0.4) is 0 Å². The Morgan fingerprint density at radius 2 is 1.10 bits per heavy atom. The van der Waals surface area contributed by atoms with E-state index in [-0.39, 0.29) is 6.61 Å². The molecule has 0 heterocycles. The third kappa shape index (κ3) is 16.1. The molecule has 0 amide bonds. The van der Waals surface area contributed by atoms with Crippen molar-refractivity contribution in [2.75, 3.05) is 79.3 Å². The number of benzene rings is 1. The lowest BCUT2D eigenvalue weighted by Gasteiger charge is -2.09. The standard InChI is InChI=1S/C22H32O9/c1-2-22(24)31-18-16-29-14-12-27-10-8-25-7-9-26-11-13-28-15-17-30-21-5-3-20(19-23)4-6-21/h2-6,19H,1,7-18H2. The number of hydrogen-bond acceptors (Lipinski definition) is 9. The fraction of sp³-hybridized carbons (Fsp3) is 0.545. The van der Waals surface area contributed by atoms with Crippen LogP contribution in [0, 0.1) is 0 Å². The molecule has 1 rings (SSSR count). The van der Waals surface area contributed by atoms with Crippen LogP contribution in [0.25, 0.3) is 0 Å². The molecule has 0 N–H and O–H groups in total. The zero-order chi connectivity index (χ0) is 22.4. The van der Waals surface area contributed by atoms with Crippen molar-refractivity contribution in [2.45, 2.75) is 0 Å². The molecule has 9 nitrogen and oxygen atoms in total. The number of aldehydes is 1. The molecule has 0 aliphatic rings. The average Bonchev–Trinajstić information content (AvgIpc) is 2.80. The first-order valence-corrected chi connectivity index (χ1v) is 10.1. The number of ether oxygens (including phenoxy) is 7. The third-order valence-corrected chi connectivity index (χ3v) is 3.64. The van der Waals surface area contributed by atoms with E-state index >= 15 is 0 Å². The Hall–Kier alpha value is -2.30. The molecular weight excluding hydrogens is 408 g/mol. The van der Waals surface area contributed by atoms with Crippen molar-refractivity contribution < 1.29 is 42.7 Å². The number of carbonyl (C=O) groups excluding carboxylic acids is 2. The summed E-state index contributed by atoms with van der Waals surface area (Å²) in [6.45, 7) is 8.43. The van der Waals surface area contributed by atoms with Crippen molar-refractivity contribution in [3.8, 4) is 5.75 Å². The Morgan fingerprint density at radius 1 is 0.677 bits per heavy atom. The molecule has 0 fully saturated rings. The van der Waals surface area contributed by atoms with Gasteiger partial charge in [-0.15, -0.1) is 0 Å². The van der Waals surface area contributed by atoms with E-state index < -0.39 is 5.97 Å². The summed E-state index contributed by atoms with van der Waals surface area (Å²) in [6.07, 6.45) is 1.90. The molecule has 9 heteroatoms. The molecule has 0 saturated heterocycles. The second kappa shape index (κ2) is 19.7. The number of hydrogen-bond donors (Lipinski definition) is 0. The molecular formula is C22H32O9. The molecule has 0 unspecified atom stereocenters.